The van der Waals surface area contributed by atoms with Gasteiger partial charge in [0, 0.05) is 6.08 Å². The molecule has 138 valence electrons. The Hall–Kier alpha value is -1.95. The molecular weight excluding hydrogens is 328 g/mol. The van der Waals surface area contributed by atoms with Gasteiger partial charge in [-0.15, -0.1) is 0 Å². The first-order valence-electron chi connectivity index (χ1n) is 9.78. The fourth-order valence-corrected chi connectivity index (χ4v) is 4.76. The molecule has 0 heterocycles. The molecule has 3 rings (SSSR count). The van der Waals surface area contributed by atoms with Gasteiger partial charge in [-0.3, -0.25) is 0 Å². The van der Waals surface area contributed by atoms with Crippen molar-refractivity contribution in [2.45, 2.75) is 57.3 Å². The van der Waals surface area contributed by atoms with Crippen LogP contribution in [0.25, 0.3) is 0 Å². The molecule has 2 fully saturated rings. The molecule has 1 aromatic carbocycles. The van der Waals surface area contributed by atoms with E-state index in [1.165, 1.54) is 30.5 Å². The minimum atomic E-state index is -0.768. The third-order valence-corrected chi connectivity index (χ3v) is 6.41. The minimum absolute atomic E-state index is 0.334. The van der Waals surface area contributed by atoms with Crippen LogP contribution in [-0.2, 0) is 0 Å². The Bertz CT molecular complexity index is 699. The second-order valence-corrected chi connectivity index (χ2v) is 7.90. The molecule has 0 radical (unpaired) electrons. The van der Waals surface area contributed by atoms with Crippen molar-refractivity contribution in [2.24, 2.45) is 17.8 Å². The molecular formula is C23H27F2N. The van der Waals surface area contributed by atoms with Gasteiger partial charge in [-0.05, 0) is 92.7 Å². The van der Waals surface area contributed by atoms with Crippen LogP contribution in [0.1, 0.15) is 62.8 Å². The van der Waals surface area contributed by atoms with Crippen LogP contribution >= 0.6 is 0 Å². The lowest BCUT2D eigenvalue weighted by Crippen LogP contribution is -2.22. The summed E-state index contributed by atoms with van der Waals surface area (Å²) in [6.07, 6.45) is 12.5. The molecule has 1 aromatic rings. The predicted octanol–water partition coefficient (Wildman–Crippen LogP) is 6.68. The van der Waals surface area contributed by atoms with Gasteiger partial charge in [-0.25, -0.2) is 8.78 Å². The van der Waals surface area contributed by atoms with Crippen LogP contribution in [0.3, 0.4) is 0 Å². The third kappa shape index (κ3) is 4.41. The van der Waals surface area contributed by atoms with E-state index in [9.17, 15) is 8.78 Å². The molecule has 0 bridgehead atoms. The van der Waals surface area contributed by atoms with Crippen molar-refractivity contribution in [3.63, 3.8) is 0 Å². The molecule has 1 nitrogen and oxygen atoms in total. The van der Waals surface area contributed by atoms with Gasteiger partial charge in [0.1, 0.15) is 0 Å². The van der Waals surface area contributed by atoms with Gasteiger partial charge in [0.2, 0.25) is 0 Å². The van der Waals surface area contributed by atoms with Gasteiger partial charge < -0.3 is 0 Å². The van der Waals surface area contributed by atoms with Crippen LogP contribution in [0, 0.1) is 40.7 Å². The highest BCUT2D eigenvalue weighted by atomic mass is 19.2. The highest BCUT2D eigenvalue weighted by Crippen LogP contribution is 2.43. The second kappa shape index (κ2) is 8.62. The van der Waals surface area contributed by atoms with E-state index >= 15 is 0 Å². The van der Waals surface area contributed by atoms with E-state index in [4.69, 9.17) is 5.26 Å². The molecule has 0 amide bonds. The summed E-state index contributed by atoms with van der Waals surface area (Å²) in [4.78, 5) is 0. The van der Waals surface area contributed by atoms with E-state index < -0.39 is 11.6 Å². The van der Waals surface area contributed by atoms with Crippen molar-refractivity contribution in [1.29, 1.82) is 5.26 Å². The summed E-state index contributed by atoms with van der Waals surface area (Å²) < 4.78 is 26.6. The lowest BCUT2D eigenvalue weighted by Gasteiger charge is -2.35. The van der Waals surface area contributed by atoms with Crippen LogP contribution in [0.4, 0.5) is 8.78 Å². The lowest BCUT2D eigenvalue weighted by atomic mass is 9.70. The molecule has 3 heteroatoms. The van der Waals surface area contributed by atoms with E-state index in [1.807, 2.05) is 6.08 Å². The number of hydrogen-bond acceptors (Lipinski definition) is 1. The molecule has 0 aromatic heterocycles. The summed E-state index contributed by atoms with van der Waals surface area (Å²) in [5.41, 5.74) is 2.33. The van der Waals surface area contributed by atoms with E-state index in [1.54, 1.807) is 12.1 Å². The Labute approximate surface area is 155 Å². The Kier molecular flexibility index (Phi) is 6.25. The largest absolute Gasteiger partial charge is 0.204 e. The zero-order valence-electron chi connectivity index (χ0n) is 15.3. The highest BCUT2D eigenvalue weighted by molar-refractivity contribution is 5.23. The molecule has 26 heavy (non-hydrogen) atoms. The number of benzene rings is 1. The maximum Gasteiger partial charge on any atom is 0.159 e. The summed E-state index contributed by atoms with van der Waals surface area (Å²) in [7, 11) is 0. The quantitative estimate of drug-likeness (QED) is 0.436. The van der Waals surface area contributed by atoms with Crippen LogP contribution in [0.5, 0.6) is 0 Å². The maximum absolute atomic E-state index is 13.5. The van der Waals surface area contributed by atoms with E-state index in [2.05, 4.69) is 12.6 Å². The van der Waals surface area contributed by atoms with Crippen LogP contribution in [0.15, 0.2) is 42.5 Å². The van der Waals surface area contributed by atoms with Crippen molar-refractivity contribution in [3.05, 3.63) is 59.7 Å². The van der Waals surface area contributed by atoms with Crippen molar-refractivity contribution >= 4 is 0 Å². The molecule has 2 saturated carbocycles. The Morgan fingerprint density at radius 1 is 0.962 bits per heavy atom. The topological polar surface area (TPSA) is 23.8 Å². The molecule has 0 spiro atoms. The zero-order chi connectivity index (χ0) is 18.5. The van der Waals surface area contributed by atoms with Gasteiger partial charge in [-0.2, -0.15) is 5.26 Å². The minimum Gasteiger partial charge on any atom is -0.204 e. The first-order chi connectivity index (χ1) is 12.6. The van der Waals surface area contributed by atoms with E-state index in [0.29, 0.717) is 23.7 Å². The smallest absolute Gasteiger partial charge is 0.159 e. The van der Waals surface area contributed by atoms with Gasteiger partial charge in [0.25, 0.3) is 0 Å². The lowest BCUT2D eigenvalue weighted by molar-refractivity contribution is 0.290. The molecule has 0 aliphatic heterocycles. The monoisotopic (exact) mass is 355 g/mol. The molecule has 0 N–H and O–H groups in total. The summed E-state index contributed by atoms with van der Waals surface area (Å²) in [6, 6.07) is 6.42. The summed E-state index contributed by atoms with van der Waals surface area (Å²) in [6.45, 7) is 4.43. The SMILES string of the molecule is C=C([C@H]1CC[C@H](/C=C/C#N)CC1)[C@H]1CC[C@H](c2ccc(F)c(F)c2)CC1. The molecule has 2 aliphatic carbocycles. The average Bonchev–Trinajstić information content (AvgIpc) is 2.68. The Morgan fingerprint density at radius 2 is 1.58 bits per heavy atom. The second-order valence-electron chi connectivity index (χ2n) is 7.90. The first kappa shape index (κ1) is 18.8. The van der Waals surface area contributed by atoms with Crippen LogP contribution < -0.4 is 0 Å². The number of allylic oxidation sites excluding steroid dienone is 3. The molecule has 2 aliphatic rings. The fraction of sp³-hybridized carbons (Fsp3) is 0.522. The highest BCUT2D eigenvalue weighted by Gasteiger charge is 2.29. The summed E-state index contributed by atoms with van der Waals surface area (Å²) in [5, 5.41) is 8.65. The van der Waals surface area contributed by atoms with Crippen LogP contribution in [0.2, 0.25) is 0 Å². The van der Waals surface area contributed by atoms with Crippen LogP contribution in [-0.4, -0.2) is 0 Å². The predicted molar refractivity (Wildman–Crippen MR) is 100 cm³/mol. The van der Waals surface area contributed by atoms with Crippen molar-refractivity contribution in [1.82, 2.24) is 0 Å². The normalized spacial score (nSPS) is 29.4. The van der Waals surface area contributed by atoms with Gasteiger partial charge >= 0.3 is 0 Å². The number of nitrogens with zero attached hydrogens (tertiary/aromatic N) is 1. The average molecular weight is 355 g/mol. The van der Waals surface area contributed by atoms with Gasteiger partial charge in [0.15, 0.2) is 11.6 Å². The van der Waals surface area contributed by atoms with E-state index in [0.717, 1.165) is 44.1 Å². The zero-order valence-corrected chi connectivity index (χ0v) is 15.3. The maximum atomic E-state index is 13.5. The van der Waals surface area contributed by atoms with Crippen molar-refractivity contribution in [2.75, 3.05) is 0 Å². The Morgan fingerprint density at radius 3 is 2.15 bits per heavy atom. The standard InChI is InChI=1S/C23H27F2N/c1-16(18-6-4-17(5-7-18)3-2-14-26)19-8-10-20(11-9-19)21-12-13-22(24)23(25)15-21/h2-3,12-13,15,17-20H,1,4-11H2/b3-2+/t17-,18-,19-,20-. The van der Waals surface area contributed by atoms with Crippen molar-refractivity contribution < 1.29 is 8.78 Å². The fourth-order valence-electron chi connectivity index (χ4n) is 4.76. The number of nitriles is 1. The molecule has 0 atom stereocenters. The number of rotatable bonds is 4. The molecule has 0 unspecified atom stereocenters. The van der Waals surface area contributed by atoms with E-state index in [-0.39, 0.29) is 0 Å². The molecule has 0 saturated heterocycles. The Balaban J connectivity index is 1.50. The first-order valence-corrected chi connectivity index (χ1v) is 9.78. The third-order valence-electron chi connectivity index (χ3n) is 6.41. The number of hydrogen-bond donors (Lipinski definition) is 0. The van der Waals surface area contributed by atoms with Gasteiger partial charge in [0.05, 0.1) is 6.07 Å². The van der Waals surface area contributed by atoms with Crippen molar-refractivity contribution in [3.8, 4) is 6.07 Å². The van der Waals surface area contributed by atoms with Gasteiger partial charge in [-0.1, -0.05) is 24.3 Å². The summed E-state index contributed by atoms with van der Waals surface area (Å²) >= 11 is 0. The summed E-state index contributed by atoms with van der Waals surface area (Å²) in [5.74, 6) is 0.537. The number of halogens is 2.